The molecule has 22 heavy (non-hydrogen) atoms. The lowest BCUT2D eigenvalue weighted by molar-refractivity contribution is 0.102. The quantitative estimate of drug-likeness (QED) is 0.890. The van der Waals surface area contributed by atoms with Crippen molar-refractivity contribution in [1.29, 1.82) is 0 Å². The summed E-state index contributed by atoms with van der Waals surface area (Å²) in [5, 5.41) is 2.90. The molecular formula is C17H19BrN2O2. The van der Waals surface area contributed by atoms with Gasteiger partial charge in [-0.1, -0.05) is 15.9 Å². The first-order valence-electron chi connectivity index (χ1n) is 6.85. The molecule has 2 rings (SSSR count). The van der Waals surface area contributed by atoms with Crippen molar-refractivity contribution in [3.63, 3.8) is 0 Å². The molecular weight excluding hydrogens is 344 g/mol. The number of methoxy groups -OCH3 is 1. The standard InChI is InChI=1S/C17H19BrN2O2/c1-11-9-12(18)10-15(16(11)22-4)17(21)19-13-5-7-14(8-6-13)20(2)3/h5-10H,1-4H3,(H,19,21). The van der Waals surface area contributed by atoms with E-state index in [4.69, 9.17) is 4.74 Å². The van der Waals surface area contributed by atoms with E-state index in [2.05, 4.69) is 21.2 Å². The average Bonchev–Trinajstić information content (AvgIpc) is 2.47. The van der Waals surface area contributed by atoms with Gasteiger partial charge in [-0.15, -0.1) is 0 Å². The summed E-state index contributed by atoms with van der Waals surface area (Å²) in [7, 11) is 5.52. The lowest BCUT2D eigenvalue weighted by Crippen LogP contribution is -2.14. The number of benzene rings is 2. The number of nitrogens with one attached hydrogen (secondary N) is 1. The third kappa shape index (κ3) is 3.60. The largest absolute Gasteiger partial charge is 0.496 e. The van der Waals surface area contributed by atoms with E-state index >= 15 is 0 Å². The topological polar surface area (TPSA) is 41.6 Å². The zero-order valence-corrected chi connectivity index (χ0v) is 14.7. The van der Waals surface area contributed by atoms with Gasteiger partial charge in [0.15, 0.2) is 0 Å². The molecule has 2 aromatic carbocycles. The van der Waals surface area contributed by atoms with Crippen molar-refractivity contribution in [2.45, 2.75) is 6.92 Å². The van der Waals surface area contributed by atoms with E-state index in [1.165, 1.54) is 0 Å². The molecule has 0 aliphatic heterocycles. The summed E-state index contributed by atoms with van der Waals surface area (Å²) >= 11 is 3.41. The van der Waals surface area contributed by atoms with Crippen LogP contribution < -0.4 is 15.0 Å². The number of carbonyl (C=O) groups is 1. The molecule has 0 spiro atoms. The van der Waals surface area contributed by atoms with Gasteiger partial charge in [0.2, 0.25) is 0 Å². The first-order chi connectivity index (χ1) is 10.4. The van der Waals surface area contributed by atoms with Gasteiger partial charge in [-0.05, 0) is 48.9 Å². The summed E-state index contributed by atoms with van der Waals surface area (Å²) in [6.07, 6.45) is 0. The van der Waals surface area contributed by atoms with Crippen molar-refractivity contribution in [3.8, 4) is 5.75 Å². The second-order valence-corrected chi connectivity index (χ2v) is 6.11. The van der Waals surface area contributed by atoms with Crippen LogP contribution in [0, 0.1) is 6.92 Å². The Kier molecular flexibility index (Phi) is 5.08. The molecule has 0 aliphatic carbocycles. The number of anilines is 2. The van der Waals surface area contributed by atoms with E-state index in [1.807, 2.05) is 56.3 Å². The fourth-order valence-electron chi connectivity index (χ4n) is 2.21. The maximum absolute atomic E-state index is 12.5. The van der Waals surface area contributed by atoms with Crippen molar-refractivity contribution < 1.29 is 9.53 Å². The van der Waals surface area contributed by atoms with E-state index in [9.17, 15) is 4.79 Å². The minimum absolute atomic E-state index is 0.196. The summed E-state index contributed by atoms with van der Waals surface area (Å²) in [5.41, 5.74) is 3.24. The molecule has 0 aliphatic rings. The highest BCUT2D eigenvalue weighted by atomic mass is 79.9. The minimum Gasteiger partial charge on any atom is -0.496 e. The molecule has 2 aromatic rings. The minimum atomic E-state index is -0.196. The van der Waals surface area contributed by atoms with Crippen LogP contribution in [0.2, 0.25) is 0 Å². The Bertz CT molecular complexity index is 682. The molecule has 0 unspecified atom stereocenters. The molecule has 0 heterocycles. The summed E-state index contributed by atoms with van der Waals surface area (Å²) in [6, 6.07) is 11.4. The number of amides is 1. The first-order valence-corrected chi connectivity index (χ1v) is 7.64. The van der Waals surface area contributed by atoms with Gasteiger partial charge in [-0.25, -0.2) is 0 Å². The number of hydrogen-bond donors (Lipinski definition) is 1. The van der Waals surface area contributed by atoms with Crippen LogP contribution in [0.1, 0.15) is 15.9 Å². The Morgan fingerprint density at radius 3 is 2.36 bits per heavy atom. The van der Waals surface area contributed by atoms with Crippen LogP contribution in [0.5, 0.6) is 5.75 Å². The van der Waals surface area contributed by atoms with Gasteiger partial charge in [0.25, 0.3) is 5.91 Å². The van der Waals surface area contributed by atoms with Crippen LogP contribution >= 0.6 is 15.9 Å². The number of ether oxygens (including phenoxy) is 1. The molecule has 116 valence electrons. The molecule has 0 atom stereocenters. The highest BCUT2D eigenvalue weighted by molar-refractivity contribution is 9.10. The molecule has 5 heteroatoms. The van der Waals surface area contributed by atoms with Crippen LogP contribution in [0.4, 0.5) is 11.4 Å². The smallest absolute Gasteiger partial charge is 0.259 e. The Hall–Kier alpha value is -2.01. The number of hydrogen-bond acceptors (Lipinski definition) is 3. The third-order valence-electron chi connectivity index (χ3n) is 3.33. The predicted molar refractivity (Wildman–Crippen MR) is 94.2 cm³/mol. The second-order valence-electron chi connectivity index (χ2n) is 5.20. The van der Waals surface area contributed by atoms with Crippen molar-refractivity contribution in [3.05, 3.63) is 52.0 Å². The zero-order valence-electron chi connectivity index (χ0n) is 13.1. The van der Waals surface area contributed by atoms with Crippen LogP contribution in [0.25, 0.3) is 0 Å². The second kappa shape index (κ2) is 6.83. The molecule has 0 bridgehead atoms. The molecule has 0 radical (unpaired) electrons. The van der Waals surface area contributed by atoms with Crippen molar-refractivity contribution in [2.24, 2.45) is 0 Å². The molecule has 0 saturated carbocycles. The van der Waals surface area contributed by atoms with Crippen LogP contribution in [0.3, 0.4) is 0 Å². The maximum Gasteiger partial charge on any atom is 0.259 e. The van der Waals surface area contributed by atoms with Gasteiger partial charge in [-0.3, -0.25) is 4.79 Å². The molecule has 1 N–H and O–H groups in total. The monoisotopic (exact) mass is 362 g/mol. The number of nitrogens with zero attached hydrogens (tertiary/aromatic N) is 1. The van der Waals surface area contributed by atoms with Crippen LogP contribution in [-0.4, -0.2) is 27.1 Å². The Morgan fingerprint density at radius 2 is 1.82 bits per heavy atom. The molecule has 0 fully saturated rings. The maximum atomic E-state index is 12.5. The zero-order chi connectivity index (χ0) is 16.3. The average molecular weight is 363 g/mol. The van der Waals surface area contributed by atoms with Crippen molar-refractivity contribution in [2.75, 3.05) is 31.4 Å². The van der Waals surface area contributed by atoms with Gasteiger partial charge in [0.1, 0.15) is 5.75 Å². The van der Waals surface area contributed by atoms with E-state index in [0.29, 0.717) is 11.3 Å². The number of aryl methyl sites for hydroxylation is 1. The molecule has 1 amide bonds. The van der Waals surface area contributed by atoms with Gasteiger partial charge in [0, 0.05) is 29.9 Å². The van der Waals surface area contributed by atoms with E-state index < -0.39 is 0 Å². The highest BCUT2D eigenvalue weighted by Crippen LogP contribution is 2.28. The molecule has 0 saturated heterocycles. The van der Waals surface area contributed by atoms with E-state index in [1.54, 1.807) is 13.2 Å². The number of halogens is 1. The van der Waals surface area contributed by atoms with Crippen molar-refractivity contribution >= 4 is 33.2 Å². The van der Waals surface area contributed by atoms with E-state index in [-0.39, 0.29) is 5.91 Å². The number of carbonyl (C=O) groups excluding carboxylic acids is 1. The normalized spacial score (nSPS) is 10.2. The Labute approximate surface area is 139 Å². The first kappa shape index (κ1) is 16.4. The summed E-state index contributed by atoms with van der Waals surface area (Å²) in [5.74, 6) is 0.393. The SMILES string of the molecule is COc1c(C)cc(Br)cc1C(=O)Nc1ccc(N(C)C)cc1. The summed E-state index contributed by atoms with van der Waals surface area (Å²) in [6.45, 7) is 1.91. The molecule has 4 nitrogen and oxygen atoms in total. The van der Waals surface area contributed by atoms with Crippen LogP contribution in [0.15, 0.2) is 40.9 Å². The van der Waals surface area contributed by atoms with Crippen LogP contribution in [-0.2, 0) is 0 Å². The van der Waals surface area contributed by atoms with Gasteiger partial charge in [-0.2, -0.15) is 0 Å². The van der Waals surface area contributed by atoms with E-state index in [0.717, 1.165) is 21.4 Å². The fourth-order valence-corrected chi connectivity index (χ4v) is 2.78. The lowest BCUT2D eigenvalue weighted by atomic mass is 10.1. The predicted octanol–water partition coefficient (Wildman–Crippen LogP) is 4.08. The Morgan fingerprint density at radius 1 is 1.18 bits per heavy atom. The third-order valence-corrected chi connectivity index (χ3v) is 3.79. The highest BCUT2D eigenvalue weighted by Gasteiger charge is 2.15. The van der Waals surface area contributed by atoms with Gasteiger partial charge >= 0.3 is 0 Å². The van der Waals surface area contributed by atoms with Gasteiger partial charge < -0.3 is 15.0 Å². The fraction of sp³-hybridized carbons (Fsp3) is 0.235. The molecule has 0 aromatic heterocycles. The number of rotatable bonds is 4. The summed E-state index contributed by atoms with van der Waals surface area (Å²) in [4.78, 5) is 14.5. The lowest BCUT2D eigenvalue weighted by Gasteiger charge is -2.14. The van der Waals surface area contributed by atoms with Crippen molar-refractivity contribution in [1.82, 2.24) is 0 Å². The van der Waals surface area contributed by atoms with Gasteiger partial charge in [0.05, 0.1) is 12.7 Å². The summed E-state index contributed by atoms with van der Waals surface area (Å²) < 4.78 is 6.20. The Balaban J connectivity index is 2.25.